The first-order valence-electron chi connectivity index (χ1n) is 7.24. The number of benzene rings is 1. The molecule has 0 aliphatic carbocycles. The molecule has 0 radical (unpaired) electrons. The molecule has 108 valence electrons. The largest absolute Gasteiger partial charge is 0.469 e. The first-order chi connectivity index (χ1) is 9.63. The Morgan fingerprint density at radius 3 is 2.65 bits per heavy atom. The van der Waals surface area contributed by atoms with Gasteiger partial charge in [0.1, 0.15) is 5.76 Å². The van der Waals surface area contributed by atoms with Gasteiger partial charge in [-0.05, 0) is 13.3 Å². The first-order valence-corrected chi connectivity index (χ1v) is 7.24. The van der Waals surface area contributed by atoms with E-state index in [4.69, 9.17) is 9.47 Å². The van der Waals surface area contributed by atoms with E-state index in [2.05, 4.69) is 0 Å². The molecule has 1 aliphatic heterocycles. The molecule has 1 atom stereocenters. The normalized spacial score (nSPS) is 19.1. The predicted octanol–water partition coefficient (Wildman–Crippen LogP) is 3.95. The molecule has 3 heteroatoms. The zero-order valence-electron chi connectivity index (χ0n) is 12.4. The van der Waals surface area contributed by atoms with Crippen LogP contribution in [0.1, 0.15) is 44.0 Å². The fraction of sp³-hybridized carbons (Fsp3) is 0.471. The summed E-state index contributed by atoms with van der Waals surface area (Å²) in [6, 6.07) is 9.38. The van der Waals surface area contributed by atoms with Crippen molar-refractivity contribution >= 4 is 5.78 Å². The van der Waals surface area contributed by atoms with E-state index in [-0.39, 0.29) is 18.0 Å². The molecule has 0 saturated heterocycles. The van der Waals surface area contributed by atoms with Crippen LogP contribution in [0, 0.1) is 5.92 Å². The molecule has 0 N–H and O–H groups in total. The second-order valence-corrected chi connectivity index (χ2v) is 5.23. The molecule has 3 nitrogen and oxygen atoms in total. The predicted molar refractivity (Wildman–Crippen MR) is 78.4 cm³/mol. The third-order valence-corrected chi connectivity index (χ3v) is 3.37. The van der Waals surface area contributed by atoms with Gasteiger partial charge < -0.3 is 9.47 Å². The van der Waals surface area contributed by atoms with E-state index in [0.717, 1.165) is 23.3 Å². The lowest BCUT2D eigenvalue weighted by molar-refractivity contribution is -0.129. The molecule has 1 aromatic carbocycles. The lowest BCUT2D eigenvalue weighted by Gasteiger charge is -2.29. The van der Waals surface area contributed by atoms with E-state index in [0.29, 0.717) is 13.0 Å². The van der Waals surface area contributed by atoms with Crippen LogP contribution in [0.5, 0.6) is 0 Å². The Balaban J connectivity index is 2.27. The minimum absolute atomic E-state index is 0.0734. The zero-order valence-corrected chi connectivity index (χ0v) is 12.4. The first kappa shape index (κ1) is 14.8. The maximum atomic E-state index is 12.6. The molecule has 20 heavy (non-hydrogen) atoms. The number of carbonyl (C=O) groups is 1. The third kappa shape index (κ3) is 3.28. The maximum absolute atomic E-state index is 12.6. The summed E-state index contributed by atoms with van der Waals surface area (Å²) in [5, 5.41) is 0. The van der Waals surface area contributed by atoms with E-state index in [1.54, 1.807) is 0 Å². The number of ketones is 1. The molecule has 0 saturated carbocycles. The lowest BCUT2D eigenvalue weighted by Crippen LogP contribution is -2.26. The number of hydrogen-bond acceptors (Lipinski definition) is 3. The Labute approximate surface area is 120 Å². The molecule has 0 fully saturated rings. The lowest BCUT2D eigenvalue weighted by atomic mass is 9.93. The van der Waals surface area contributed by atoms with Crippen LogP contribution in [0.3, 0.4) is 0 Å². The Hall–Kier alpha value is -1.61. The Kier molecular flexibility index (Phi) is 4.96. The monoisotopic (exact) mass is 274 g/mol. The molecule has 0 spiro atoms. The van der Waals surface area contributed by atoms with Crippen molar-refractivity contribution in [2.24, 2.45) is 5.92 Å². The molecule has 2 rings (SSSR count). The van der Waals surface area contributed by atoms with Crippen molar-refractivity contribution in [1.82, 2.24) is 0 Å². The fourth-order valence-corrected chi connectivity index (χ4v) is 2.43. The molecular formula is C17H22O3. The van der Waals surface area contributed by atoms with Crippen LogP contribution in [-0.4, -0.2) is 18.7 Å². The number of ether oxygens (including phenoxy) is 2. The van der Waals surface area contributed by atoms with E-state index >= 15 is 0 Å². The summed E-state index contributed by atoms with van der Waals surface area (Å²) in [7, 11) is 0. The smallest absolute Gasteiger partial charge is 0.199 e. The standard InChI is InChI=1S/C17H22O3/c1-4-19-15-11-10-14(17(20-15)12(2)3)16(18)13-8-6-5-7-9-13/h5-9,12,15H,4,10-11H2,1-3H3. The Bertz CT molecular complexity index is 488. The summed E-state index contributed by atoms with van der Waals surface area (Å²) in [4.78, 5) is 12.6. The van der Waals surface area contributed by atoms with Gasteiger partial charge in [0.2, 0.25) is 0 Å². The molecule has 1 unspecified atom stereocenters. The SMILES string of the molecule is CCOC1CCC(C(=O)c2ccccc2)=C(C(C)C)O1. The summed E-state index contributed by atoms with van der Waals surface area (Å²) in [6.07, 6.45) is 1.23. The van der Waals surface area contributed by atoms with Crippen molar-refractivity contribution in [2.45, 2.75) is 39.9 Å². The van der Waals surface area contributed by atoms with Gasteiger partial charge in [-0.25, -0.2) is 0 Å². The molecular weight excluding hydrogens is 252 g/mol. The summed E-state index contributed by atoms with van der Waals surface area (Å²) >= 11 is 0. The highest BCUT2D eigenvalue weighted by Crippen LogP contribution is 2.31. The van der Waals surface area contributed by atoms with Gasteiger partial charge in [-0.15, -0.1) is 0 Å². The van der Waals surface area contributed by atoms with Gasteiger partial charge in [0.25, 0.3) is 0 Å². The Morgan fingerprint density at radius 1 is 1.35 bits per heavy atom. The van der Waals surface area contributed by atoms with Crippen LogP contribution in [0.4, 0.5) is 0 Å². The summed E-state index contributed by atoms with van der Waals surface area (Å²) in [5.41, 5.74) is 1.52. The van der Waals surface area contributed by atoms with E-state index in [1.165, 1.54) is 0 Å². The van der Waals surface area contributed by atoms with Crippen LogP contribution in [0.15, 0.2) is 41.7 Å². The molecule has 1 heterocycles. The topological polar surface area (TPSA) is 35.5 Å². The van der Waals surface area contributed by atoms with Crippen LogP contribution in [0.2, 0.25) is 0 Å². The number of rotatable bonds is 5. The molecule has 1 aromatic rings. The molecule has 0 amide bonds. The molecule has 0 bridgehead atoms. The average molecular weight is 274 g/mol. The minimum Gasteiger partial charge on any atom is -0.469 e. The minimum atomic E-state index is -0.218. The summed E-state index contributed by atoms with van der Waals surface area (Å²) < 4.78 is 11.4. The van der Waals surface area contributed by atoms with E-state index < -0.39 is 0 Å². The maximum Gasteiger partial charge on any atom is 0.199 e. The number of allylic oxidation sites excluding steroid dienone is 2. The zero-order chi connectivity index (χ0) is 14.5. The van der Waals surface area contributed by atoms with Gasteiger partial charge in [0, 0.05) is 30.1 Å². The average Bonchev–Trinajstić information content (AvgIpc) is 2.47. The Morgan fingerprint density at radius 2 is 2.05 bits per heavy atom. The molecule has 0 aromatic heterocycles. The van der Waals surface area contributed by atoms with Crippen LogP contribution in [-0.2, 0) is 9.47 Å². The number of Topliss-reactive ketones (excluding diaryl/α,β-unsaturated/α-hetero) is 1. The van der Waals surface area contributed by atoms with Crippen molar-refractivity contribution in [3.63, 3.8) is 0 Å². The highest BCUT2D eigenvalue weighted by Gasteiger charge is 2.28. The van der Waals surface area contributed by atoms with Gasteiger partial charge >= 0.3 is 0 Å². The van der Waals surface area contributed by atoms with Crippen molar-refractivity contribution < 1.29 is 14.3 Å². The number of hydrogen-bond donors (Lipinski definition) is 0. The summed E-state index contributed by atoms with van der Waals surface area (Å²) in [6.45, 7) is 6.66. The van der Waals surface area contributed by atoms with Crippen LogP contribution in [0.25, 0.3) is 0 Å². The second-order valence-electron chi connectivity index (χ2n) is 5.23. The molecule has 1 aliphatic rings. The van der Waals surface area contributed by atoms with Crippen molar-refractivity contribution in [2.75, 3.05) is 6.61 Å². The fourth-order valence-electron chi connectivity index (χ4n) is 2.43. The van der Waals surface area contributed by atoms with Crippen LogP contribution < -0.4 is 0 Å². The number of carbonyl (C=O) groups excluding carboxylic acids is 1. The highest BCUT2D eigenvalue weighted by molar-refractivity contribution is 6.09. The second kappa shape index (κ2) is 6.71. The van der Waals surface area contributed by atoms with E-state index in [9.17, 15) is 4.79 Å². The summed E-state index contributed by atoms with van der Waals surface area (Å²) in [5.74, 6) is 1.04. The van der Waals surface area contributed by atoms with Gasteiger partial charge in [-0.1, -0.05) is 44.2 Å². The van der Waals surface area contributed by atoms with Crippen molar-refractivity contribution in [3.05, 3.63) is 47.2 Å². The third-order valence-electron chi connectivity index (χ3n) is 3.37. The van der Waals surface area contributed by atoms with Gasteiger partial charge in [0.15, 0.2) is 12.1 Å². The van der Waals surface area contributed by atoms with Crippen molar-refractivity contribution in [1.29, 1.82) is 0 Å². The van der Waals surface area contributed by atoms with Crippen molar-refractivity contribution in [3.8, 4) is 0 Å². The van der Waals surface area contributed by atoms with Gasteiger partial charge in [-0.3, -0.25) is 4.79 Å². The highest BCUT2D eigenvalue weighted by atomic mass is 16.7. The van der Waals surface area contributed by atoms with Gasteiger partial charge in [0.05, 0.1) is 0 Å². The quantitative estimate of drug-likeness (QED) is 0.763. The van der Waals surface area contributed by atoms with Crippen LogP contribution >= 0.6 is 0 Å². The van der Waals surface area contributed by atoms with Gasteiger partial charge in [-0.2, -0.15) is 0 Å². The van der Waals surface area contributed by atoms with E-state index in [1.807, 2.05) is 51.1 Å².